The van der Waals surface area contributed by atoms with E-state index in [0.29, 0.717) is 10.8 Å². The number of carbonyl (C=O) groups is 1. The number of benzene rings is 1. The Bertz CT molecular complexity index is 848. The number of nitrogens with zero attached hydrogens (tertiary/aromatic N) is 4. The number of thioether (sulfide) groups is 1. The fourth-order valence-corrected chi connectivity index (χ4v) is 5.18. The smallest absolute Gasteiger partial charge is 0.235 e. The topological polar surface area (TPSA) is 60.2 Å². The maximum absolute atomic E-state index is 13.0. The maximum atomic E-state index is 13.0. The van der Waals surface area contributed by atoms with Crippen molar-refractivity contribution in [2.75, 3.05) is 13.1 Å². The largest absolute Gasteiger partial charge is 0.484 e. The van der Waals surface area contributed by atoms with E-state index in [2.05, 4.69) is 28.6 Å². The predicted molar refractivity (Wildman–Crippen MR) is 126 cm³/mol. The van der Waals surface area contributed by atoms with Gasteiger partial charge in [0.15, 0.2) is 11.0 Å². The van der Waals surface area contributed by atoms with Crippen molar-refractivity contribution in [2.24, 2.45) is 0 Å². The number of hydrogen-bond donors (Lipinski definition) is 0. The molecule has 170 valence electrons. The molecule has 1 aliphatic heterocycles. The summed E-state index contributed by atoms with van der Waals surface area (Å²) < 4.78 is 8.08. The zero-order chi connectivity index (χ0) is 22.2. The molecule has 6 nitrogen and oxygen atoms in total. The molecule has 0 radical (unpaired) electrons. The average molecular weight is 465 g/mol. The van der Waals surface area contributed by atoms with Gasteiger partial charge in [-0.1, -0.05) is 62.2 Å². The maximum Gasteiger partial charge on any atom is 0.235 e. The molecule has 1 unspecified atom stereocenters. The Morgan fingerprint density at radius 3 is 2.45 bits per heavy atom. The third-order valence-corrected chi connectivity index (χ3v) is 7.14. The second-order valence-corrected chi connectivity index (χ2v) is 9.67. The lowest BCUT2D eigenvalue weighted by atomic mass is 10.2. The quantitative estimate of drug-likeness (QED) is 0.442. The Kier molecular flexibility index (Phi) is 9.08. The molecule has 0 aliphatic carbocycles. The minimum atomic E-state index is -0.201. The summed E-state index contributed by atoms with van der Waals surface area (Å²) in [6, 6.07) is 7.67. The number of ether oxygens (including phenoxy) is 1. The van der Waals surface area contributed by atoms with Crippen molar-refractivity contribution in [1.29, 1.82) is 0 Å². The Morgan fingerprint density at radius 2 is 1.81 bits per heavy atom. The molecule has 0 saturated carbocycles. The molecule has 2 aromatic rings. The molecule has 1 aromatic carbocycles. The van der Waals surface area contributed by atoms with Crippen molar-refractivity contribution in [1.82, 2.24) is 19.7 Å². The van der Waals surface area contributed by atoms with Crippen LogP contribution < -0.4 is 4.74 Å². The minimum absolute atomic E-state index is 0.194. The van der Waals surface area contributed by atoms with E-state index in [1.54, 1.807) is 6.07 Å². The van der Waals surface area contributed by atoms with Gasteiger partial charge in [-0.2, -0.15) is 0 Å². The highest BCUT2D eigenvalue weighted by atomic mass is 35.5. The number of para-hydroxylation sites is 1. The van der Waals surface area contributed by atoms with Crippen molar-refractivity contribution in [2.45, 2.75) is 82.4 Å². The number of likely N-dealkylation sites (tertiary alicyclic amines) is 1. The van der Waals surface area contributed by atoms with Crippen LogP contribution in [0.25, 0.3) is 0 Å². The Balaban J connectivity index is 1.76. The molecule has 1 saturated heterocycles. The van der Waals surface area contributed by atoms with E-state index < -0.39 is 0 Å². The average Bonchev–Trinajstić information content (AvgIpc) is 2.98. The summed E-state index contributed by atoms with van der Waals surface area (Å²) in [4.78, 5) is 15.1. The Labute approximate surface area is 194 Å². The summed E-state index contributed by atoms with van der Waals surface area (Å²) in [6.45, 7) is 8.30. The van der Waals surface area contributed by atoms with Crippen LogP contribution in [0.3, 0.4) is 0 Å². The molecule has 1 aromatic heterocycles. The van der Waals surface area contributed by atoms with Crippen molar-refractivity contribution >= 4 is 29.3 Å². The number of halogens is 1. The van der Waals surface area contributed by atoms with Crippen LogP contribution in [0.5, 0.6) is 5.75 Å². The van der Waals surface area contributed by atoms with E-state index in [-0.39, 0.29) is 23.8 Å². The summed E-state index contributed by atoms with van der Waals surface area (Å²) in [5, 5.41) is 10.0. The first-order chi connectivity index (χ1) is 15.0. The summed E-state index contributed by atoms with van der Waals surface area (Å²) in [6.07, 6.45) is 6.52. The summed E-state index contributed by atoms with van der Waals surface area (Å²) >= 11 is 7.73. The molecule has 2 heterocycles. The molecule has 3 rings (SSSR count). The lowest BCUT2D eigenvalue weighted by Crippen LogP contribution is -2.37. The molecule has 8 heteroatoms. The Hall–Kier alpha value is -1.73. The summed E-state index contributed by atoms with van der Waals surface area (Å²) in [7, 11) is 0. The second-order valence-electron chi connectivity index (χ2n) is 7.96. The highest BCUT2D eigenvalue weighted by Crippen LogP contribution is 2.31. The van der Waals surface area contributed by atoms with Gasteiger partial charge in [-0.05, 0) is 44.7 Å². The van der Waals surface area contributed by atoms with E-state index >= 15 is 0 Å². The monoisotopic (exact) mass is 464 g/mol. The van der Waals surface area contributed by atoms with Crippen LogP contribution in [0.2, 0.25) is 5.02 Å². The summed E-state index contributed by atoms with van der Waals surface area (Å²) in [5.41, 5.74) is 0. The summed E-state index contributed by atoms with van der Waals surface area (Å²) in [5.74, 6) is 1.58. The van der Waals surface area contributed by atoms with Gasteiger partial charge in [0.2, 0.25) is 5.91 Å². The van der Waals surface area contributed by atoms with E-state index in [1.807, 2.05) is 30.0 Å². The van der Waals surface area contributed by atoms with Crippen LogP contribution in [0.1, 0.15) is 71.2 Å². The van der Waals surface area contributed by atoms with Crippen LogP contribution in [0.4, 0.5) is 0 Å². The highest BCUT2D eigenvalue weighted by Gasteiger charge is 2.26. The second kappa shape index (κ2) is 11.8. The third-order valence-electron chi connectivity index (χ3n) is 5.78. The first-order valence-electron chi connectivity index (χ1n) is 11.3. The van der Waals surface area contributed by atoms with Gasteiger partial charge in [0.25, 0.3) is 0 Å². The van der Waals surface area contributed by atoms with E-state index in [9.17, 15) is 4.79 Å². The lowest BCUT2D eigenvalue weighted by Gasteiger charge is -2.24. The van der Waals surface area contributed by atoms with Crippen LogP contribution in [0, 0.1) is 0 Å². The third kappa shape index (κ3) is 6.16. The Morgan fingerprint density at radius 1 is 1.13 bits per heavy atom. The minimum Gasteiger partial charge on any atom is -0.484 e. The molecule has 1 atom stereocenters. The zero-order valence-electron chi connectivity index (χ0n) is 18.7. The fraction of sp³-hybridized carbons (Fsp3) is 0.609. The first kappa shape index (κ1) is 23.9. The van der Waals surface area contributed by atoms with Crippen molar-refractivity contribution in [3.63, 3.8) is 0 Å². The van der Waals surface area contributed by atoms with Gasteiger partial charge in [-0.15, -0.1) is 10.2 Å². The number of carbonyl (C=O) groups excluding carboxylic acids is 1. The number of hydrogen-bond acceptors (Lipinski definition) is 5. The van der Waals surface area contributed by atoms with Gasteiger partial charge in [0, 0.05) is 19.1 Å². The van der Waals surface area contributed by atoms with Gasteiger partial charge in [-0.25, -0.2) is 0 Å². The number of amides is 1. The number of aromatic nitrogens is 3. The van der Waals surface area contributed by atoms with Gasteiger partial charge in [-0.3, -0.25) is 4.79 Å². The van der Waals surface area contributed by atoms with Crippen LogP contribution in [-0.4, -0.2) is 43.9 Å². The zero-order valence-corrected chi connectivity index (χ0v) is 20.3. The highest BCUT2D eigenvalue weighted by molar-refractivity contribution is 8.00. The number of rotatable bonds is 9. The van der Waals surface area contributed by atoms with E-state index in [1.165, 1.54) is 24.6 Å². The molecule has 1 amide bonds. The standard InChI is InChI=1S/C23H33ClN4O2S/c1-4-18(5-2)28-21(16-30-20-13-9-8-12-19(20)24)25-26-23(28)31-17(3)22(29)27-14-10-6-7-11-15-27/h8-9,12-13,17-18H,4-7,10-11,14-16H2,1-3H3. The van der Waals surface area contributed by atoms with Crippen molar-refractivity contribution in [3.05, 3.63) is 35.1 Å². The lowest BCUT2D eigenvalue weighted by molar-refractivity contribution is -0.130. The molecule has 31 heavy (non-hydrogen) atoms. The van der Waals surface area contributed by atoms with Gasteiger partial charge in [0.1, 0.15) is 12.4 Å². The van der Waals surface area contributed by atoms with Gasteiger partial charge >= 0.3 is 0 Å². The van der Waals surface area contributed by atoms with Crippen molar-refractivity contribution in [3.8, 4) is 5.75 Å². The van der Waals surface area contributed by atoms with Crippen molar-refractivity contribution < 1.29 is 9.53 Å². The molecule has 1 fully saturated rings. The predicted octanol–water partition coefficient (Wildman–Crippen LogP) is 5.75. The van der Waals surface area contributed by atoms with E-state index in [0.717, 1.165) is 49.8 Å². The van der Waals surface area contributed by atoms with Crippen LogP contribution >= 0.6 is 23.4 Å². The first-order valence-corrected chi connectivity index (χ1v) is 12.6. The molecule has 0 bridgehead atoms. The normalized spacial score (nSPS) is 15.7. The molecule has 0 N–H and O–H groups in total. The van der Waals surface area contributed by atoms with E-state index in [4.69, 9.17) is 16.3 Å². The van der Waals surface area contributed by atoms with Crippen LogP contribution in [0.15, 0.2) is 29.4 Å². The van der Waals surface area contributed by atoms with Crippen LogP contribution in [-0.2, 0) is 11.4 Å². The molecule has 0 spiro atoms. The van der Waals surface area contributed by atoms with Gasteiger partial charge in [0.05, 0.1) is 10.3 Å². The molecular formula is C23H33ClN4O2S. The SMILES string of the molecule is CCC(CC)n1c(COc2ccccc2Cl)nnc1SC(C)C(=O)N1CCCCCC1. The fourth-order valence-electron chi connectivity index (χ4n) is 3.97. The molecule has 1 aliphatic rings. The molecular weight excluding hydrogens is 432 g/mol. The van der Waals surface area contributed by atoms with Gasteiger partial charge < -0.3 is 14.2 Å².